The van der Waals surface area contributed by atoms with E-state index >= 15 is 0 Å². The quantitative estimate of drug-likeness (QED) is 0.298. The summed E-state index contributed by atoms with van der Waals surface area (Å²) in [5.41, 5.74) is 0.0254. The number of aromatic hydroxyl groups is 1. The summed E-state index contributed by atoms with van der Waals surface area (Å²) >= 11 is 0. The Kier molecular flexibility index (Phi) is 4.98. The number of nitrogens with zero attached hydrogens (tertiary/aromatic N) is 2. The van der Waals surface area contributed by atoms with Gasteiger partial charge in [-0.2, -0.15) is 16.8 Å². The number of hydrogen-bond donors (Lipinski definition) is 3. The van der Waals surface area contributed by atoms with Gasteiger partial charge in [-0.1, -0.05) is 48.5 Å². The van der Waals surface area contributed by atoms with Crippen molar-refractivity contribution in [2.24, 2.45) is 10.2 Å². The Balaban J connectivity index is 1.97. The third-order valence-electron chi connectivity index (χ3n) is 4.63. The topological polar surface area (TPSA) is 154 Å². The van der Waals surface area contributed by atoms with Gasteiger partial charge in [0.05, 0.1) is 5.69 Å². The van der Waals surface area contributed by atoms with Crippen LogP contribution in [0.5, 0.6) is 5.75 Å². The van der Waals surface area contributed by atoms with Gasteiger partial charge in [0.15, 0.2) is 5.75 Å². The van der Waals surface area contributed by atoms with Crippen LogP contribution in [-0.2, 0) is 20.2 Å². The van der Waals surface area contributed by atoms with Gasteiger partial charge >= 0.3 is 0 Å². The van der Waals surface area contributed by atoms with E-state index in [-0.39, 0.29) is 21.7 Å². The van der Waals surface area contributed by atoms with Gasteiger partial charge < -0.3 is 5.11 Å². The van der Waals surface area contributed by atoms with Crippen LogP contribution >= 0.6 is 0 Å². The molecule has 0 saturated heterocycles. The zero-order valence-corrected chi connectivity index (χ0v) is 17.2. The number of phenols is 1. The molecule has 0 aliphatic heterocycles. The lowest BCUT2D eigenvalue weighted by atomic mass is 10.1. The average molecular weight is 458 g/mol. The van der Waals surface area contributed by atoms with Crippen molar-refractivity contribution in [3.63, 3.8) is 0 Å². The Bertz CT molecular complexity index is 1600. The lowest BCUT2D eigenvalue weighted by Gasteiger charge is -2.09. The second-order valence-corrected chi connectivity index (χ2v) is 9.35. The molecule has 9 nitrogen and oxygen atoms in total. The number of benzene rings is 4. The molecule has 0 heterocycles. The molecule has 0 radical (unpaired) electrons. The molecule has 0 spiro atoms. The van der Waals surface area contributed by atoms with Gasteiger partial charge in [0, 0.05) is 16.2 Å². The van der Waals surface area contributed by atoms with Crippen molar-refractivity contribution in [3.8, 4) is 5.75 Å². The van der Waals surface area contributed by atoms with Crippen molar-refractivity contribution in [2.75, 3.05) is 0 Å². The van der Waals surface area contributed by atoms with Gasteiger partial charge in [0.25, 0.3) is 20.2 Å². The summed E-state index contributed by atoms with van der Waals surface area (Å²) in [6, 6.07) is 16.4. The first-order chi connectivity index (χ1) is 14.6. The second kappa shape index (κ2) is 7.39. The molecule has 3 N–H and O–H groups in total. The molecule has 0 aliphatic carbocycles. The zero-order valence-electron chi connectivity index (χ0n) is 15.5. The van der Waals surface area contributed by atoms with Crippen LogP contribution in [0.2, 0.25) is 0 Å². The third-order valence-corrected chi connectivity index (χ3v) is 6.41. The smallest absolute Gasteiger partial charge is 0.298 e. The normalized spacial score (nSPS) is 12.7. The summed E-state index contributed by atoms with van der Waals surface area (Å²) < 4.78 is 65.5. The maximum absolute atomic E-state index is 11.7. The first-order valence-electron chi connectivity index (χ1n) is 8.70. The summed E-state index contributed by atoms with van der Waals surface area (Å²) in [7, 11) is -9.21. The summed E-state index contributed by atoms with van der Waals surface area (Å²) in [6.45, 7) is 0. The Morgan fingerprint density at radius 1 is 0.645 bits per heavy atom. The number of hydrogen-bond acceptors (Lipinski definition) is 7. The van der Waals surface area contributed by atoms with E-state index in [2.05, 4.69) is 10.2 Å². The molecule has 4 aromatic carbocycles. The molecule has 158 valence electrons. The second-order valence-electron chi connectivity index (χ2n) is 6.57. The molecule has 11 heteroatoms. The van der Waals surface area contributed by atoms with E-state index in [1.54, 1.807) is 42.5 Å². The lowest BCUT2D eigenvalue weighted by molar-refractivity contribution is 0.445. The molecule has 4 rings (SSSR count). The van der Waals surface area contributed by atoms with Gasteiger partial charge in [-0.3, -0.25) is 9.11 Å². The van der Waals surface area contributed by atoms with Crippen LogP contribution in [0.1, 0.15) is 0 Å². The molecule has 0 amide bonds. The molecule has 0 bridgehead atoms. The number of fused-ring (bicyclic) bond motifs is 2. The molecular weight excluding hydrogens is 444 g/mol. The van der Waals surface area contributed by atoms with Gasteiger partial charge in [-0.25, -0.2) is 0 Å². The van der Waals surface area contributed by atoms with Crippen molar-refractivity contribution >= 4 is 53.2 Å². The summed E-state index contributed by atoms with van der Waals surface area (Å²) in [5.74, 6) is -0.774. The highest BCUT2D eigenvalue weighted by Crippen LogP contribution is 2.42. The number of azo groups is 1. The van der Waals surface area contributed by atoms with Crippen LogP contribution in [0, 0.1) is 0 Å². The largest absolute Gasteiger partial charge is 0.504 e. The van der Waals surface area contributed by atoms with Gasteiger partial charge in [-0.05, 0) is 23.6 Å². The van der Waals surface area contributed by atoms with Gasteiger partial charge in [0.1, 0.15) is 15.5 Å². The SMILES string of the molecule is O=S(=O)(O)c1cc2ccccc2c(N=Nc2ccc(S(=O)(=O)O)c3ccccc23)c1O. The van der Waals surface area contributed by atoms with Crippen molar-refractivity contribution in [2.45, 2.75) is 9.79 Å². The Morgan fingerprint density at radius 2 is 1.23 bits per heavy atom. The predicted octanol–water partition coefficient (Wildman–Crippen LogP) is 4.61. The molecule has 0 fully saturated rings. The summed E-state index contributed by atoms with van der Waals surface area (Å²) in [6.07, 6.45) is 0. The maximum Gasteiger partial charge on any atom is 0.298 e. The number of rotatable bonds is 4. The van der Waals surface area contributed by atoms with Crippen LogP contribution in [0.3, 0.4) is 0 Å². The highest BCUT2D eigenvalue weighted by atomic mass is 32.2. The first kappa shape index (κ1) is 20.9. The highest BCUT2D eigenvalue weighted by Gasteiger charge is 2.21. The Labute approximate surface area is 176 Å². The summed E-state index contributed by atoms with van der Waals surface area (Å²) in [4.78, 5) is -1.02. The minimum absolute atomic E-state index is 0.186. The van der Waals surface area contributed by atoms with E-state index in [9.17, 15) is 31.0 Å². The minimum atomic E-state index is -4.73. The molecule has 0 unspecified atom stereocenters. The van der Waals surface area contributed by atoms with E-state index in [0.29, 0.717) is 16.2 Å². The van der Waals surface area contributed by atoms with E-state index in [4.69, 9.17) is 0 Å². The molecule has 31 heavy (non-hydrogen) atoms. The van der Waals surface area contributed by atoms with E-state index in [1.807, 2.05) is 0 Å². The molecule has 4 aromatic rings. The van der Waals surface area contributed by atoms with Crippen LogP contribution < -0.4 is 0 Å². The average Bonchev–Trinajstić information content (AvgIpc) is 2.71. The van der Waals surface area contributed by atoms with E-state index in [0.717, 1.165) is 6.07 Å². The predicted molar refractivity (Wildman–Crippen MR) is 113 cm³/mol. The number of phenolic OH excluding ortho intramolecular Hbond substituents is 1. The Morgan fingerprint density at radius 3 is 1.87 bits per heavy atom. The fraction of sp³-hybridized carbons (Fsp3) is 0. The van der Waals surface area contributed by atoms with Crippen LogP contribution in [0.4, 0.5) is 11.4 Å². The lowest BCUT2D eigenvalue weighted by Crippen LogP contribution is -1.99. The monoisotopic (exact) mass is 458 g/mol. The molecule has 0 saturated carbocycles. The fourth-order valence-electron chi connectivity index (χ4n) is 3.26. The van der Waals surface area contributed by atoms with Crippen molar-refractivity contribution in [1.82, 2.24) is 0 Å². The molecule has 0 atom stereocenters. The molecule has 0 aromatic heterocycles. The van der Waals surface area contributed by atoms with Gasteiger partial charge in [0.2, 0.25) is 0 Å². The highest BCUT2D eigenvalue weighted by molar-refractivity contribution is 7.86. The van der Waals surface area contributed by atoms with Crippen molar-refractivity contribution in [3.05, 3.63) is 66.7 Å². The Hall–Kier alpha value is -3.38. The van der Waals surface area contributed by atoms with Gasteiger partial charge in [-0.15, -0.1) is 10.2 Å². The first-order valence-corrected chi connectivity index (χ1v) is 11.6. The minimum Gasteiger partial charge on any atom is -0.504 e. The van der Waals surface area contributed by atoms with Crippen molar-refractivity contribution < 1.29 is 31.0 Å². The van der Waals surface area contributed by atoms with E-state index < -0.39 is 30.9 Å². The van der Waals surface area contributed by atoms with Crippen LogP contribution in [0.15, 0.2) is 86.7 Å². The molecular formula is C20H14N2O7S2. The van der Waals surface area contributed by atoms with E-state index in [1.165, 1.54) is 18.2 Å². The standard InChI is InChI=1S/C20H14N2O7S2/c23-20-18(31(27,28)29)11-12-5-1-2-6-13(12)19(20)22-21-16-9-10-17(30(24,25)26)15-8-4-3-7-14(15)16/h1-11,23H,(H,24,25,26)(H,27,28,29). The fourth-order valence-corrected chi connectivity index (χ4v) is 4.57. The maximum atomic E-state index is 11.7. The summed E-state index contributed by atoms with van der Waals surface area (Å²) in [5, 5.41) is 19.9. The molecule has 0 aliphatic rings. The van der Waals surface area contributed by atoms with Crippen LogP contribution in [0.25, 0.3) is 21.5 Å². The zero-order chi connectivity index (χ0) is 22.4. The van der Waals surface area contributed by atoms with Crippen molar-refractivity contribution in [1.29, 1.82) is 0 Å². The van der Waals surface area contributed by atoms with Crippen LogP contribution in [-0.4, -0.2) is 31.0 Å². The third kappa shape index (κ3) is 3.86.